The van der Waals surface area contributed by atoms with Crippen molar-refractivity contribution >= 4 is 5.91 Å². The van der Waals surface area contributed by atoms with Gasteiger partial charge in [-0.2, -0.15) is 0 Å². The zero-order valence-electron chi connectivity index (χ0n) is 12.7. The summed E-state index contributed by atoms with van der Waals surface area (Å²) in [5.74, 6) is 6.39. The van der Waals surface area contributed by atoms with Crippen LogP contribution in [0.5, 0.6) is 17.2 Å². The second kappa shape index (κ2) is 7.38. The highest BCUT2D eigenvalue weighted by Crippen LogP contribution is 2.34. The van der Waals surface area contributed by atoms with Crippen LogP contribution >= 0.6 is 0 Å². The van der Waals surface area contributed by atoms with Crippen molar-refractivity contribution in [2.24, 2.45) is 0 Å². The molecule has 1 heterocycles. The largest absolute Gasteiger partial charge is 0.481 e. The minimum Gasteiger partial charge on any atom is -0.481 e. The Labute approximate surface area is 138 Å². The van der Waals surface area contributed by atoms with E-state index in [4.69, 9.17) is 14.2 Å². The van der Waals surface area contributed by atoms with E-state index in [2.05, 4.69) is 17.2 Å². The molecule has 2 aromatic rings. The zero-order valence-corrected chi connectivity index (χ0v) is 12.7. The van der Waals surface area contributed by atoms with Gasteiger partial charge in [0, 0.05) is 6.07 Å². The van der Waals surface area contributed by atoms with Crippen molar-refractivity contribution in [3.05, 3.63) is 53.8 Å². The van der Waals surface area contributed by atoms with Gasteiger partial charge in [0.1, 0.15) is 18.2 Å². The summed E-state index contributed by atoms with van der Waals surface area (Å²) in [5.41, 5.74) is -0.00379. The lowest BCUT2D eigenvalue weighted by Crippen LogP contribution is -2.24. The van der Waals surface area contributed by atoms with Crippen LogP contribution in [0.4, 0.5) is 4.39 Å². The standard InChI is InChI=1S/C18H14FNO4/c19-15-6-2-1-5-14(15)18(21)20-9-3-4-10-22-13-7-8-16-17(11-13)24-12-23-16/h1-2,5-8,11H,9-10,12H2,(H,20,21). The minimum atomic E-state index is -0.561. The van der Waals surface area contributed by atoms with E-state index < -0.39 is 11.7 Å². The van der Waals surface area contributed by atoms with Crippen LogP contribution in [0, 0.1) is 17.7 Å². The van der Waals surface area contributed by atoms with Gasteiger partial charge in [-0.25, -0.2) is 4.39 Å². The molecule has 0 aromatic heterocycles. The van der Waals surface area contributed by atoms with Crippen molar-refractivity contribution in [1.82, 2.24) is 5.32 Å². The fourth-order valence-electron chi connectivity index (χ4n) is 2.06. The number of halogens is 1. The molecule has 1 aliphatic rings. The van der Waals surface area contributed by atoms with E-state index in [9.17, 15) is 9.18 Å². The molecule has 0 bridgehead atoms. The van der Waals surface area contributed by atoms with Gasteiger partial charge in [-0.1, -0.05) is 24.0 Å². The third-order valence-corrected chi connectivity index (χ3v) is 3.24. The maximum Gasteiger partial charge on any atom is 0.255 e. The molecular formula is C18H14FNO4. The molecule has 0 atom stereocenters. The Morgan fingerprint density at radius 2 is 2.00 bits per heavy atom. The van der Waals surface area contributed by atoms with Crippen molar-refractivity contribution in [3.8, 4) is 29.1 Å². The Hall–Kier alpha value is -3.20. The molecule has 0 spiro atoms. The molecule has 6 heteroatoms. The maximum atomic E-state index is 13.4. The molecule has 1 amide bonds. The normalized spacial score (nSPS) is 11.4. The number of nitrogens with one attached hydrogen (secondary N) is 1. The van der Waals surface area contributed by atoms with Gasteiger partial charge in [-0.3, -0.25) is 4.79 Å². The Balaban J connectivity index is 1.44. The highest BCUT2D eigenvalue weighted by molar-refractivity contribution is 5.94. The highest BCUT2D eigenvalue weighted by atomic mass is 19.1. The molecule has 5 nitrogen and oxygen atoms in total. The van der Waals surface area contributed by atoms with Gasteiger partial charge in [0.25, 0.3) is 5.91 Å². The van der Waals surface area contributed by atoms with Crippen molar-refractivity contribution in [3.63, 3.8) is 0 Å². The Morgan fingerprint density at radius 1 is 1.17 bits per heavy atom. The fourth-order valence-corrected chi connectivity index (χ4v) is 2.06. The topological polar surface area (TPSA) is 56.8 Å². The van der Waals surface area contributed by atoms with E-state index in [1.54, 1.807) is 24.3 Å². The van der Waals surface area contributed by atoms with Gasteiger partial charge in [0.05, 0.1) is 12.1 Å². The molecule has 122 valence electrons. The Kier molecular flexibility index (Phi) is 4.82. The third kappa shape index (κ3) is 3.76. The number of benzene rings is 2. The second-order valence-corrected chi connectivity index (χ2v) is 4.82. The average molecular weight is 327 g/mol. The summed E-state index contributed by atoms with van der Waals surface area (Å²) in [6, 6.07) is 11.0. The zero-order chi connectivity index (χ0) is 16.8. The molecule has 0 saturated carbocycles. The number of carbonyl (C=O) groups is 1. The molecule has 24 heavy (non-hydrogen) atoms. The quantitative estimate of drug-likeness (QED) is 0.876. The van der Waals surface area contributed by atoms with Crippen LogP contribution in [-0.2, 0) is 0 Å². The van der Waals surface area contributed by atoms with Gasteiger partial charge >= 0.3 is 0 Å². The van der Waals surface area contributed by atoms with E-state index >= 15 is 0 Å². The van der Waals surface area contributed by atoms with E-state index in [-0.39, 0.29) is 25.5 Å². The summed E-state index contributed by atoms with van der Waals surface area (Å²) < 4.78 is 29.3. The summed E-state index contributed by atoms with van der Waals surface area (Å²) in [7, 11) is 0. The lowest BCUT2D eigenvalue weighted by Gasteiger charge is -2.03. The number of hydrogen-bond donors (Lipinski definition) is 1. The molecule has 0 aliphatic carbocycles. The molecule has 0 radical (unpaired) electrons. The van der Waals surface area contributed by atoms with Gasteiger partial charge < -0.3 is 19.5 Å². The lowest BCUT2D eigenvalue weighted by molar-refractivity contribution is 0.0954. The van der Waals surface area contributed by atoms with Gasteiger partial charge in [-0.05, 0) is 24.3 Å². The first-order valence-electron chi connectivity index (χ1n) is 7.25. The molecule has 0 saturated heterocycles. The summed E-state index contributed by atoms with van der Waals surface area (Å²) in [4.78, 5) is 11.8. The predicted octanol–water partition coefficient (Wildman–Crippen LogP) is 2.37. The molecular weight excluding hydrogens is 313 g/mol. The second-order valence-electron chi connectivity index (χ2n) is 4.82. The molecule has 2 aromatic carbocycles. The average Bonchev–Trinajstić information content (AvgIpc) is 3.06. The maximum absolute atomic E-state index is 13.4. The first-order chi connectivity index (χ1) is 11.7. The van der Waals surface area contributed by atoms with E-state index in [1.165, 1.54) is 18.2 Å². The van der Waals surface area contributed by atoms with E-state index in [0.29, 0.717) is 17.2 Å². The number of hydrogen-bond acceptors (Lipinski definition) is 4. The summed E-state index contributed by atoms with van der Waals surface area (Å²) >= 11 is 0. The van der Waals surface area contributed by atoms with Crippen molar-refractivity contribution < 1.29 is 23.4 Å². The predicted molar refractivity (Wildman–Crippen MR) is 84.6 cm³/mol. The van der Waals surface area contributed by atoms with Crippen LogP contribution < -0.4 is 19.5 Å². The summed E-state index contributed by atoms with van der Waals surface area (Å²) in [6.45, 7) is 0.479. The summed E-state index contributed by atoms with van der Waals surface area (Å²) in [5, 5.41) is 2.53. The van der Waals surface area contributed by atoms with Crippen molar-refractivity contribution in [2.45, 2.75) is 0 Å². The monoisotopic (exact) mass is 327 g/mol. The van der Waals surface area contributed by atoms with Crippen LogP contribution in [0.1, 0.15) is 10.4 Å². The highest BCUT2D eigenvalue weighted by Gasteiger charge is 2.13. The smallest absolute Gasteiger partial charge is 0.255 e. The summed E-state index contributed by atoms with van der Waals surface area (Å²) in [6.07, 6.45) is 0. The van der Waals surface area contributed by atoms with Gasteiger partial charge in [0.15, 0.2) is 11.5 Å². The first kappa shape index (κ1) is 15.7. The molecule has 3 rings (SSSR count). The van der Waals surface area contributed by atoms with E-state index in [0.717, 1.165) is 0 Å². The Bertz CT molecular complexity index is 810. The van der Waals surface area contributed by atoms with Crippen LogP contribution in [0.25, 0.3) is 0 Å². The SMILES string of the molecule is O=C(NCC#CCOc1ccc2c(c1)OCO2)c1ccccc1F. The van der Waals surface area contributed by atoms with E-state index in [1.807, 2.05) is 0 Å². The van der Waals surface area contributed by atoms with Gasteiger partial charge in [0.2, 0.25) is 6.79 Å². The molecule has 1 aliphatic heterocycles. The number of carbonyl (C=O) groups excluding carboxylic acids is 1. The van der Waals surface area contributed by atoms with Crippen molar-refractivity contribution in [1.29, 1.82) is 0 Å². The number of rotatable bonds is 4. The number of ether oxygens (including phenoxy) is 3. The first-order valence-corrected chi connectivity index (χ1v) is 7.25. The Morgan fingerprint density at radius 3 is 2.88 bits per heavy atom. The minimum absolute atomic E-state index is 0.00379. The molecule has 0 unspecified atom stereocenters. The third-order valence-electron chi connectivity index (χ3n) is 3.24. The number of fused-ring (bicyclic) bond motifs is 1. The van der Waals surface area contributed by atoms with Crippen LogP contribution in [-0.4, -0.2) is 25.9 Å². The number of amides is 1. The van der Waals surface area contributed by atoms with Crippen LogP contribution in [0.3, 0.4) is 0 Å². The lowest BCUT2D eigenvalue weighted by atomic mass is 10.2. The van der Waals surface area contributed by atoms with Crippen molar-refractivity contribution in [2.75, 3.05) is 19.9 Å². The van der Waals surface area contributed by atoms with Crippen LogP contribution in [0.2, 0.25) is 0 Å². The molecule has 0 fully saturated rings. The molecule has 1 N–H and O–H groups in total. The fraction of sp³-hybridized carbons (Fsp3) is 0.167. The van der Waals surface area contributed by atoms with Crippen LogP contribution in [0.15, 0.2) is 42.5 Å². The van der Waals surface area contributed by atoms with Gasteiger partial charge in [-0.15, -0.1) is 0 Å².